The molecule has 5 rings (SSSR count). The summed E-state index contributed by atoms with van der Waals surface area (Å²) in [5.74, 6) is 1.11. The van der Waals surface area contributed by atoms with Crippen molar-refractivity contribution in [3.8, 4) is 17.0 Å². The van der Waals surface area contributed by atoms with Gasteiger partial charge < -0.3 is 14.4 Å². The van der Waals surface area contributed by atoms with Crippen LogP contribution in [0.5, 0.6) is 5.75 Å². The number of ether oxygens (including phenoxy) is 2. The molecule has 0 spiro atoms. The standard InChI is InChI=1S/C33H38N2O5/c1-16(2)30-31-28(32(38)35(30)8)27(26-22(37)14-33(6,7)15-24(26)40-31)25-18(4)20(11-13-23(25)39-9)21-12-10-17(3)29(34-21)19(5)36/h10-13,16,27,30H,14-15H2,1-9H3/t27-,30+/m1/s1. The highest BCUT2D eigenvalue weighted by atomic mass is 16.5. The van der Waals surface area contributed by atoms with Gasteiger partial charge in [-0.25, -0.2) is 4.98 Å². The number of carbonyl (C=O) groups excluding carboxylic acids is 3. The van der Waals surface area contributed by atoms with E-state index < -0.39 is 5.92 Å². The van der Waals surface area contributed by atoms with Crippen molar-refractivity contribution in [3.05, 3.63) is 69.3 Å². The number of aromatic nitrogens is 1. The molecular weight excluding hydrogens is 504 g/mol. The van der Waals surface area contributed by atoms with Crippen molar-refractivity contribution in [2.45, 2.75) is 73.3 Å². The van der Waals surface area contributed by atoms with Crippen molar-refractivity contribution in [1.82, 2.24) is 9.88 Å². The van der Waals surface area contributed by atoms with Crippen LogP contribution in [-0.2, 0) is 14.3 Å². The van der Waals surface area contributed by atoms with E-state index in [1.165, 1.54) is 6.92 Å². The maximum Gasteiger partial charge on any atom is 0.254 e. The molecule has 210 valence electrons. The Morgan fingerprint density at radius 1 is 1.10 bits per heavy atom. The largest absolute Gasteiger partial charge is 0.496 e. The van der Waals surface area contributed by atoms with Crippen LogP contribution in [0.2, 0.25) is 0 Å². The van der Waals surface area contributed by atoms with E-state index in [4.69, 9.17) is 14.5 Å². The van der Waals surface area contributed by atoms with Crippen LogP contribution >= 0.6 is 0 Å². The van der Waals surface area contributed by atoms with Crippen molar-refractivity contribution in [3.63, 3.8) is 0 Å². The number of Topliss-reactive ketones (excluding diaryl/α,β-unsaturated/α-hetero) is 2. The fraction of sp³-hybridized carbons (Fsp3) is 0.455. The molecule has 1 aliphatic carbocycles. The Hall–Kier alpha value is -3.74. The summed E-state index contributed by atoms with van der Waals surface area (Å²) >= 11 is 0. The van der Waals surface area contributed by atoms with Crippen LogP contribution in [0.15, 0.2) is 46.9 Å². The number of nitrogens with zero attached hydrogens (tertiary/aromatic N) is 2. The van der Waals surface area contributed by atoms with Crippen molar-refractivity contribution in [2.75, 3.05) is 14.2 Å². The molecule has 2 aliphatic heterocycles. The highest BCUT2D eigenvalue weighted by Gasteiger charge is 2.52. The van der Waals surface area contributed by atoms with Gasteiger partial charge >= 0.3 is 0 Å². The van der Waals surface area contributed by atoms with Crippen LogP contribution in [-0.4, -0.2) is 47.6 Å². The molecular formula is C33H38N2O5. The molecule has 0 saturated carbocycles. The number of amides is 1. The van der Waals surface area contributed by atoms with Crippen LogP contribution in [0.25, 0.3) is 11.3 Å². The molecule has 3 aliphatic rings. The molecule has 0 saturated heterocycles. The van der Waals surface area contributed by atoms with Gasteiger partial charge in [0.1, 0.15) is 23.0 Å². The number of pyridine rings is 1. The van der Waals surface area contributed by atoms with Gasteiger partial charge in [-0.3, -0.25) is 14.4 Å². The van der Waals surface area contributed by atoms with Gasteiger partial charge in [-0.15, -0.1) is 0 Å². The third-order valence-corrected chi connectivity index (χ3v) is 8.51. The van der Waals surface area contributed by atoms with Gasteiger partial charge in [-0.05, 0) is 54.5 Å². The second-order valence-electron chi connectivity index (χ2n) is 12.5. The molecule has 0 fully saturated rings. The lowest BCUT2D eigenvalue weighted by Crippen LogP contribution is -2.36. The van der Waals surface area contributed by atoms with Gasteiger partial charge in [0.2, 0.25) is 0 Å². The van der Waals surface area contributed by atoms with E-state index in [1.807, 2.05) is 38.1 Å². The van der Waals surface area contributed by atoms with Crippen LogP contribution in [0, 0.1) is 25.2 Å². The van der Waals surface area contributed by atoms with Crippen LogP contribution in [0.4, 0.5) is 0 Å². The molecule has 1 amide bonds. The summed E-state index contributed by atoms with van der Waals surface area (Å²) in [6.45, 7) is 13.6. The topological polar surface area (TPSA) is 85.8 Å². The lowest BCUT2D eigenvalue weighted by Gasteiger charge is -2.39. The molecule has 1 aromatic heterocycles. The van der Waals surface area contributed by atoms with E-state index in [2.05, 4.69) is 27.7 Å². The lowest BCUT2D eigenvalue weighted by molar-refractivity contribution is -0.126. The lowest BCUT2D eigenvalue weighted by atomic mass is 9.68. The van der Waals surface area contributed by atoms with Gasteiger partial charge in [-0.2, -0.15) is 0 Å². The number of methoxy groups -OCH3 is 1. The predicted octanol–water partition coefficient (Wildman–Crippen LogP) is 6.08. The van der Waals surface area contributed by atoms with Gasteiger partial charge in [0.25, 0.3) is 5.91 Å². The molecule has 0 radical (unpaired) electrons. The molecule has 0 N–H and O–H groups in total. The molecule has 40 heavy (non-hydrogen) atoms. The molecule has 7 nitrogen and oxygen atoms in total. The first kappa shape index (κ1) is 27.8. The Labute approximate surface area is 236 Å². The van der Waals surface area contributed by atoms with Crippen molar-refractivity contribution < 1.29 is 23.9 Å². The summed E-state index contributed by atoms with van der Waals surface area (Å²) in [7, 11) is 3.40. The van der Waals surface area contributed by atoms with E-state index >= 15 is 0 Å². The van der Waals surface area contributed by atoms with Gasteiger partial charge in [-0.1, -0.05) is 33.8 Å². The Morgan fingerprint density at radius 2 is 1.80 bits per heavy atom. The minimum Gasteiger partial charge on any atom is -0.496 e. The Bertz CT molecular complexity index is 1530. The fourth-order valence-corrected chi connectivity index (χ4v) is 6.70. The second kappa shape index (κ2) is 9.72. The van der Waals surface area contributed by atoms with Crippen molar-refractivity contribution in [2.24, 2.45) is 11.3 Å². The molecule has 0 unspecified atom stereocenters. The highest BCUT2D eigenvalue weighted by molar-refractivity contribution is 6.07. The first-order valence-corrected chi connectivity index (χ1v) is 13.9. The number of carbonyl (C=O) groups is 3. The number of ketones is 2. The summed E-state index contributed by atoms with van der Waals surface area (Å²) in [5, 5.41) is 0. The first-order valence-electron chi connectivity index (χ1n) is 13.9. The molecule has 2 aromatic rings. The van der Waals surface area contributed by atoms with Gasteiger partial charge in [0.15, 0.2) is 11.6 Å². The first-order chi connectivity index (χ1) is 18.8. The third-order valence-electron chi connectivity index (χ3n) is 8.51. The fourth-order valence-electron chi connectivity index (χ4n) is 6.70. The summed E-state index contributed by atoms with van der Waals surface area (Å²) in [6.07, 6.45) is 0.973. The monoisotopic (exact) mass is 542 g/mol. The number of hydrogen-bond acceptors (Lipinski definition) is 6. The number of likely N-dealkylation sites (N-methyl/N-ethyl adjacent to an activating group) is 1. The molecule has 1 aromatic carbocycles. The number of hydrogen-bond donors (Lipinski definition) is 0. The summed E-state index contributed by atoms with van der Waals surface area (Å²) in [5.41, 5.74) is 5.11. The maximum absolute atomic E-state index is 13.9. The van der Waals surface area contributed by atoms with Gasteiger partial charge in [0, 0.05) is 43.5 Å². The molecule has 2 atom stereocenters. The summed E-state index contributed by atoms with van der Waals surface area (Å²) in [6, 6.07) is 7.35. The number of allylic oxidation sites excluding steroid dienone is 2. The molecule has 3 heterocycles. The van der Waals surface area contributed by atoms with E-state index in [-0.39, 0.29) is 34.8 Å². The number of rotatable bonds is 5. The SMILES string of the molecule is COc1ccc(-c2ccc(C)c(C(C)=O)n2)c(C)c1[C@@H]1C2=C(CC(C)(C)CC2=O)OC2=C1C(=O)N(C)[C@H]2C(C)C. The maximum atomic E-state index is 13.9. The average molecular weight is 543 g/mol. The van der Waals surface area contributed by atoms with E-state index in [0.29, 0.717) is 52.6 Å². The van der Waals surface area contributed by atoms with Crippen LogP contribution < -0.4 is 4.74 Å². The quantitative estimate of drug-likeness (QED) is 0.426. The Kier molecular flexibility index (Phi) is 6.76. The number of benzene rings is 1. The second-order valence-corrected chi connectivity index (χ2v) is 12.5. The molecule has 7 heteroatoms. The van der Waals surface area contributed by atoms with E-state index in [1.54, 1.807) is 19.1 Å². The minimum atomic E-state index is -0.631. The average Bonchev–Trinajstić information content (AvgIpc) is 3.11. The smallest absolute Gasteiger partial charge is 0.254 e. The molecule has 0 bridgehead atoms. The summed E-state index contributed by atoms with van der Waals surface area (Å²) in [4.78, 5) is 46.5. The predicted molar refractivity (Wildman–Crippen MR) is 153 cm³/mol. The van der Waals surface area contributed by atoms with E-state index in [0.717, 1.165) is 22.3 Å². The zero-order chi connectivity index (χ0) is 29.3. The van der Waals surface area contributed by atoms with Crippen molar-refractivity contribution >= 4 is 17.5 Å². The van der Waals surface area contributed by atoms with Gasteiger partial charge in [0.05, 0.1) is 30.3 Å². The zero-order valence-electron chi connectivity index (χ0n) is 24.9. The Morgan fingerprint density at radius 3 is 2.42 bits per heavy atom. The Balaban J connectivity index is 1.81. The highest BCUT2D eigenvalue weighted by Crippen LogP contribution is 2.55. The minimum absolute atomic E-state index is 0.00886. The third kappa shape index (κ3) is 4.27. The zero-order valence-corrected chi connectivity index (χ0v) is 24.9. The van der Waals surface area contributed by atoms with Crippen LogP contribution in [0.3, 0.4) is 0 Å². The van der Waals surface area contributed by atoms with Crippen molar-refractivity contribution in [1.29, 1.82) is 0 Å². The number of aryl methyl sites for hydroxylation is 1. The van der Waals surface area contributed by atoms with Crippen LogP contribution in [0.1, 0.15) is 80.6 Å². The summed E-state index contributed by atoms with van der Waals surface area (Å²) < 4.78 is 12.5. The van der Waals surface area contributed by atoms with E-state index in [9.17, 15) is 14.4 Å². The normalized spacial score (nSPS) is 22.0.